The van der Waals surface area contributed by atoms with E-state index in [1.807, 2.05) is 0 Å². The molecule has 1 fully saturated rings. The summed E-state index contributed by atoms with van der Waals surface area (Å²) >= 11 is 0. The highest BCUT2D eigenvalue weighted by Gasteiger charge is 2.44. The Morgan fingerprint density at radius 1 is 0.395 bits per heavy atom. The molecule has 454 valence electrons. The van der Waals surface area contributed by atoms with Crippen LogP contribution in [0.5, 0.6) is 0 Å². The second-order valence-electron chi connectivity index (χ2n) is 24.3. The number of unbranched alkanes of at least 4 members (excludes halogenated alkanes) is 51. The van der Waals surface area contributed by atoms with Crippen molar-refractivity contribution in [3.05, 3.63) is 0 Å². The first-order valence-electron chi connectivity index (χ1n) is 34.2. The number of nitrogens with one attached hydrogen (secondary N) is 1. The monoisotopic (exact) mass is 1080 g/mol. The van der Waals surface area contributed by atoms with Crippen molar-refractivity contribution in [1.29, 1.82) is 0 Å². The highest BCUT2D eigenvalue weighted by Crippen LogP contribution is 2.24. The Morgan fingerprint density at radius 2 is 0.658 bits per heavy atom. The maximum atomic E-state index is 13.1. The number of hydrogen-bond acceptors (Lipinski definition) is 8. The second kappa shape index (κ2) is 57.4. The second-order valence-corrected chi connectivity index (χ2v) is 24.3. The molecule has 0 spiro atoms. The van der Waals surface area contributed by atoms with Crippen LogP contribution in [-0.2, 0) is 14.3 Å². The standard InChI is InChI=1S/C67H133NO8/c1-3-5-7-9-11-13-15-17-19-21-22-23-24-25-26-27-28-29-30-31-32-33-34-35-36-37-38-39-41-43-45-47-49-51-53-55-57-63(71)68-60(59-75-67-66(74)65(73)64(72)62(58-69)76-67)61(70)56-54-52-50-48-46-44-42-40-20-18-16-14-12-10-8-6-4-2/h60-62,64-67,69-70,72-74H,3-59H2,1-2H3,(H,68,71). The average molecular weight is 1080 g/mol. The molecule has 0 saturated carbocycles. The Kier molecular flexibility index (Phi) is 55.3. The molecule has 9 heteroatoms. The van der Waals surface area contributed by atoms with Gasteiger partial charge in [0.2, 0.25) is 5.91 Å². The average Bonchev–Trinajstić information content (AvgIpc) is 3.42. The third-order valence-corrected chi connectivity index (χ3v) is 17.0. The Bertz CT molecular complexity index is 1160. The van der Waals surface area contributed by atoms with Gasteiger partial charge >= 0.3 is 0 Å². The van der Waals surface area contributed by atoms with E-state index in [2.05, 4.69) is 19.2 Å². The van der Waals surface area contributed by atoms with E-state index < -0.39 is 49.5 Å². The lowest BCUT2D eigenvalue weighted by Gasteiger charge is -2.40. The number of aliphatic hydroxyl groups is 5. The van der Waals surface area contributed by atoms with Gasteiger partial charge in [-0.2, -0.15) is 0 Å². The van der Waals surface area contributed by atoms with Gasteiger partial charge in [-0.3, -0.25) is 4.79 Å². The van der Waals surface area contributed by atoms with Crippen molar-refractivity contribution in [1.82, 2.24) is 5.32 Å². The van der Waals surface area contributed by atoms with Gasteiger partial charge in [0, 0.05) is 6.42 Å². The van der Waals surface area contributed by atoms with Crippen LogP contribution in [0.2, 0.25) is 0 Å². The zero-order chi connectivity index (χ0) is 55.0. The van der Waals surface area contributed by atoms with Gasteiger partial charge in [-0.15, -0.1) is 0 Å². The first-order valence-corrected chi connectivity index (χ1v) is 34.2. The zero-order valence-electron chi connectivity index (χ0n) is 50.8. The smallest absolute Gasteiger partial charge is 0.220 e. The first kappa shape index (κ1) is 73.2. The lowest BCUT2D eigenvalue weighted by atomic mass is 9.99. The molecule has 0 radical (unpaired) electrons. The van der Waals surface area contributed by atoms with Gasteiger partial charge in [-0.1, -0.05) is 348 Å². The fourth-order valence-corrected chi connectivity index (χ4v) is 11.6. The van der Waals surface area contributed by atoms with Crippen LogP contribution in [0.4, 0.5) is 0 Å². The van der Waals surface area contributed by atoms with Gasteiger partial charge in [0.25, 0.3) is 0 Å². The van der Waals surface area contributed by atoms with E-state index in [0.717, 1.165) is 38.5 Å². The third-order valence-electron chi connectivity index (χ3n) is 17.0. The summed E-state index contributed by atoms with van der Waals surface area (Å²) in [5.41, 5.74) is 0. The van der Waals surface area contributed by atoms with Gasteiger partial charge in [0.1, 0.15) is 24.4 Å². The predicted octanol–water partition coefficient (Wildman–Crippen LogP) is 18.1. The minimum absolute atomic E-state index is 0.131. The Hall–Kier alpha value is -0.810. The molecule has 1 rings (SSSR count). The topological polar surface area (TPSA) is 149 Å². The number of carbonyl (C=O) groups excluding carboxylic acids is 1. The van der Waals surface area contributed by atoms with E-state index in [-0.39, 0.29) is 12.5 Å². The molecule has 9 nitrogen and oxygen atoms in total. The van der Waals surface area contributed by atoms with E-state index in [4.69, 9.17) is 9.47 Å². The summed E-state index contributed by atoms with van der Waals surface area (Å²) < 4.78 is 11.3. The number of carbonyl (C=O) groups is 1. The minimum Gasteiger partial charge on any atom is -0.394 e. The first-order chi connectivity index (χ1) is 37.3. The lowest BCUT2D eigenvalue weighted by molar-refractivity contribution is -0.302. The van der Waals surface area contributed by atoms with Gasteiger partial charge in [0.15, 0.2) is 6.29 Å². The largest absolute Gasteiger partial charge is 0.394 e. The van der Waals surface area contributed by atoms with E-state index in [1.165, 1.54) is 302 Å². The fraction of sp³-hybridized carbons (Fsp3) is 0.985. The molecule has 1 amide bonds. The summed E-state index contributed by atoms with van der Waals surface area (Å²) in [6.07, 6.45) is 64.7. The van der Waals surface area contributed by atoms with Crippen LogP contribution in [0, 0.1) is 0 Å². The number of amides is 1. The highest BCUT2D eigenvalue weighted by molar-refractivity contribution is 5.76. The molecular weight excluding hydrogens is 947 g/mol. The molecule has 0 aliphatic carbocycles. The molecule has 1 aliphatic rings. The van der Waals surface area contributed by atoms with E-state index in [1.54, 1.807) is 0 Å². The third kappa shape index (κ3) is 45.9. The van der Waals surface area contributed by atoms with Crippen LogP contribution in [0.25, 0.3) is 0 Å². The van der Waals surface area contributed by atoms with Crippen molar-refractivity contribution < 1.29 is 39.8 Å². The van der Waals surface area contributed by atoms with Crippen LogP contribution in [-0.4, -0.2) is 87.5 Å². The highest BCUT2D eigenvalue weighted by atomic mass is 16.7. The summed E-state index contributed by atoms with van der Waals surface area (Å²) in [6.45, 7) is 3.90. The Balaban J connectivity index is 2.04. The van der Waals surface area contributed by atoms with Crippen LogP contribution >= 0.6 is 0 Å². The predicted molar refractivity (Wildman–Crippen MR) is 323 cm³/mol. The molecule has 1 heterocycles. The molecule has 0 aromatic rings. The van der Waals surface area contributed by atoms with E-state index >= 15 is 0 Å². The summed E-state index contributed by atoms with van der Waals surface area (Å²) in [6, 6.07) is -0.714. The van der Waals surface area contributed by atoms with Gasteiger partial charge in [-0.25, -0.2) is 0 Å². The van der Waals surface area contributed by atoms with Crippen molar-refractivity contribution in [3.63, 3.8) is 0 Å². The maximum Gasteiger partial charge on any atom is 0.220 e. The molecule has 6 N–H and O–H groups in total. The number of hydrogen-bond donors (Lipinski definition) is 6. The molecule has 7 atom stereocenters. The van der Waals surface area contributed by atoms with Crippen LogP contribution in [0.1, 0.15) is 367 Å². The molecule has 7 unspecified atom stereocenters. The SMILES string of the molecule is CCCCCCCCCCCCCCCCCCCCCCCCCCCCCCCCCCCCCCC(=O)NC(COC1OC(CO)C(O)C(O)C1O)C(O)CCCCCCCCCCCCCCCCCCC. The number of ether oxygens (including phenoxy) is 2. The summed E-state index contributed by atoms with van der Waals surface area (Å²) in [7, 11) is 0. The molecule has 0 aromatic heterocycles. The Labute approximate surface area is 472 Å². The number of aliphatic hydroxyl groups excluding tert-OH is 5. The fourth-order valence-electron chi connectivity index (χ4n) is 11.6. The quantitative estimate of drug-likeness (QED) is 0.0330. The minimum atomic E-state index is -1.55. The maximum absolute atomic E-state index is 13.1. The van der Waals surface area contributed by atoms with Crippen molar-refractivity contribution in [3.8, 4) is 0 Å². The van der Waals surface area contributed by atoms with Gasteiger partial charge in [-0.05, 0) is 12.8 Å². The molecule has 1 aliphatic heterocycles. The molecule has 1 saturated heterocycles. The van der Waals surface area contributed by atoms with Crippen molar-refractivity contribution in [2.24, 2.45) is 0 Å². The number of rotatable bonds is 61. The summed E-state index contributed by atoms with van der Waals surface area (Å²) in [5, 5.41) is 54.8. The van der Waals surface area contributed by atoms with E-state index in [0.29, 0.717) is 12.8 Å². The van der Waals surface area contributed by atoms with Crippen molar-refractivity contribution in [2.45, 2.75) is 410 Å². The van der Waals surface area contributed by atoms with Crippen LogP contribution in [0.3, 0.4) is 0 Å². The zero-order valence-corrected chi connectivity index (χ0v) is 50.8. The summed E-state index contributed by atoms with van der Waals surface area (Å²) in [5.74, 6) is -0.134. The molecule has 76 heavy (non-hydrogen) atoms. The van der Waals surface area contributed by atoms with Gasteiger partial charge < -0.3 is 40.3 Å². The van der Waals surface area contributed by atoms with Crippen molar-refractivity contribution >= 4 is 5.91 Å². The normalized spacial score (nSPS) is 18.6. The Morgan fingerprint density at radius 3 is 0.934 bits per heavy atom. The lowest BCUT2D eigenvalue weighted by Crippen LogP contribution is -2.60. The van der Waals surface area contributed by atoms with E-state index in [9.17, 15) is 30.3 Å². The van der Waals surface area contributed by atoms with Gasteiger partial charge in [0.05, 0.1) is 25.4 Å². The van der Waals surface area contributed by atoms with Crippen LogP contribution in [0.15, 0.2) is 0 Å². The summed E-state index contributed by atoms with van der Waals surface area (Å²) in [4.78, 5) is 13.1. The molecule has 0 aromatic carbocycles. The van der Waals surface area contributed by atoms with Crippen molar-refractivity contribution in [2.75, 3.05) is 13.2 Å². The van der Waals surface area contributed by atoms with Crippen LogP contribution < -0.4 is 5.32 Å². The molecule has 0 bridgehead atoms. The molecular formula is C67H133NO8.